The van der Waals surface area contributed by atoms with Gasteiger partial charge in [0.05, 0.1) is 18.5 Å². The van der Waals surface area contributed by atoms with E-state index in [1.807, 2.05) is 19.3 Å². The van der Waals surface area contributed by atoms with Gasteiger partial charge in [-0.1, -0.05) is 13.8 Å². The summed E-state index contributed by atoms with van der Waals surface area (Å²) in [6.45, 7) is 9.23. The van der Waals surface area contributed by atoms with Gasteiger partial charge >= 0.3 is 6.03 Å². The number of ether oxygens (including phenoxy) is 1. The Morgan fingerprint density at radius 3 is 2.29 bits per heavy atom. The van der Waals surface area contributed by atoms with E-state index in [-0.39, 0.29) is 18.2 Å². The molecule has 0 fully saturated rings. The van der Waals surface area contributed by atoms with Crippen LogP contribution in [0.2, 0.25) is 0 Å². The maximum atomic E-state index is 12.0. The Labute approximate surface area is 142 Å². The lowest BCUT2D eigenvalue weighted by atomic mass is 10.0. The lowest BCUT2D eigenvalue weighted by Gasteiger charge is -2.24. The number of rotatable bonds is 8. The first-order valence-electron chi connectivity index (χ1n) is 7.77. The molecule has 138 valence electrons. The quantitative estimate of drug-likeness (QED) is 0.215. The summed E-state index contributed by atoms with van der Waals surface area (Å²) in [4.78, 5) is 34.0. The fourth-order valence-electron chi connectivity index (χ4n) is 1.81. The number of aldehydes is 1. The van der Waals surface area contributed by atoms with Gasteiger partial charge in [-0.15, -0.1) is 5.10 Å². The van der Waals surface area contributed by atoms with Crippen LogP contribution in [0.5, 0.6) is 0 Å². The first-order valence-corrected chi connectivity index (χ1v) is 7.77. The lowest BCUT2D eigenvalue weighted by Crippen LogP contribution is -2.47. The van der Waals surface area contributed by atoms with Gasteiger partial charge < -0.3 is 26.3 Å². The van der Waals surface area contributed by atoms with Crippen LogP contribution in [0.25, 0.3) is 0 Å². The molecule has 0 aliphatic heterocycles. The number of urea groups is 1. The molecule has 0 saturated heterocycles. The zero-order valence-corrected chi connectivity index (χ0v) is 15.0. The summed E-state index contributed by atoms with van der Waals surface area (Å²) in [6.07, 6.45) is 1.02. The van der Waals surface area contributed by atoms with Crippen LogP contribution in [0, 0.1) is 5.92 Å². The minimum absolute atomic E-state index is 0.0405. The highest BCUT2D eigenvalue weighted by Gasteiger charge is 2.23. The Balaban J connectivity index is 4.93. The van der Waals surface area contributed by atoms with Gasteiger partial charge in [0.1, 0.15) is 11.9 Å². The van der Waals surface area contributed by atoms with E-state index in [1.165, 1.54) is 0 Å². The molecule has 9 nitrogen and oxygen atoms in total. The van der Waals surface area contributed by atoms with Crippen molar-refractivity contribution in [3.63, 3.8) is 0 Å². The van der Waals surface area contributed by atoms with Crippen molar-refractivity contribution < 1.29 is 19.1 Å². The van der Waals surface area contributed by atoms with Crippen LogP contribution >= 0.6 is 0 Å². The standard InChI is InChI=1S/C15H29N5O4/c1-9(2)6-11(16)13(22)18-10(8-21)7-12(19-20-14(17)23)24-15(3,4)5/h8-11H,6-7,16H2,1-5H3,(H,18,22)(H3,17,20,23)/t10?,11-/m0/s1. The summed E-state index contributed by atoms with van der Waals surface area (Å²) < 4.78 is 5.57. The van der Waals surface area contributed by atoms with Gasteiger partial charge in [-0.05, 0) is 33.1 Å². The Bertz CT molecular complexity index is 471. The molecule has 0 aliphatic rings. The topological polar surface area (TPSA) is 149 Å². The summed E-state index contributed by atoms with van der Waals surface area (Å²) in [5.41, 5.74) is 12.2. The number of nitrogens with one attached hydrogen (secondary N) is 2. The zero-order chi connectivity index (χ0) is 18.9. The van der Waals surface area contributed by atoms with Gasteiger partial charge in [-0.25, -0.2) is 10.2 Å². The SMILES string of the molecule is CC(C)C[C@H](N)C(=O)NC(C=O)CC(=NNC(N)=O)OC(C)(C)C. The highest BCUT2D eigenvalue weighted by Crippen LogP contribution is 2.10. The van der Waals surface area contributed by atoms with Crippen molar-refractivity contribution in [1.82, 2.24) is 10.7 Å². The molecule has 0 heterocycles. The molecule has 24 heavy (non-hydrogen) atoms. The smallest absolute Gasteiger partial charge is 0.332 e. The second kappa shape index (κ2) is 9.86. The summed E-state index contributed by atoms with van der Waals surface area (Å²) in [5, 5.41) is 6.26. The van der Waals surface area contributed by atoms with Crippen molar-refractivity contribution >= 4 is 24.1 Å². The maximum Gasteiger partial charge on any atom is 0.332 e. The van der Waals surface area contributed by atoms with E-state index in [1.54, 1.807) is 20.8 Å². The van der Waals surface area contributed by atoms with E-state index in [9.17, 15) is 14.4 Å². The molecule has 0 radical (unpaired) electrons. The Morgan fingerprint density at radius 2 is 1.88 bits per heavy atom. The monoisotopic (exact) mass is 343 g/mol. The van der Waals surface area contributed by atoms with Crippen molar-refractivity contribution in [2.75, 3.05) is 0 Å². The average molecular weight is 343 g/mol. The molecule has 9 heteroatoms. The van der Waals surface area contributed by atoms with Gasteiger partial charge in [0, 0.05) is 0 Å². The molecular weight excluding hydrogens is 314 g/mol. The van der Waals surface area contributed by atoms with Crippen molar-refractivity contribution in [2.45, 2.75) is 65.1 Å². The van der Waals surface area contributed by atoms with Gasteiger partial charge in [0.25, 0.3) is 0 Å². The summed E-state index contributed by atoms with van der Waals surface area (Å²) in [7, 11) is 0. The Morgan fingerprint density at radius 1 is 1.29 bits per heavy atom. The van der Waals surface area contributed by atoms with E-state index in [4.69, 9.17) is 16.2 Å². The van der Waals surface area contributed by atoms with Crippen LogP contribution in [0.1, 0.15) is 47.5 Å². The molecule has 0 bridgehead atoms. The summed E-state index contributed by atoms with van der Waals surface area (Å²) in [5.74, 6) is -0.114. The third kappa shape index (κ3) is 10.5. The van der Waals surface area contributed by atoms with Crippen LogP contribution in [-0.2, 0) is 14.3 Å². The first-order chi connectivity index (χ1) is 10.9. The lowest BCUT2D eigenvalue weighted by molar-refractivity contribution is -0.125. The highest BCUT2D eigenvalue weighted by molar-refractivity contribution is 5.87. The molecule has 6 N–H and O–H groups in total. The summed E-state index contributed by atoms with van der Waals surface area (Å²) >= 11 is 0. The third-order valence-corrected chi connectivity index (χ3v) is 2.66. The van der Waals surface area contributed by atoms with Crippen LogP contribution in [0.4, 0.5) is 4.79 Å². The van der Waals surface area contributed by atoms with Crippen LogP contribution < -0.4 is 22.2 Å². The van der Waals surface area contributed by atoms with Gasteiger partial charge in [-0.2, -0.15) is 0 Å². The second-order valence-electron chi connectivity index (χ2n) is 6.89. The van der Waals surface area contributed by atoms with Gasteiger partial charge in [0.15, 0.2) is 0 Å². The van der Waals surface area contributed by atoms with E-state index in [0.717, 1.165) is 0 Å². The number of hydrogen-bond acceptors (Lipinski definition) is 6. The molecular formula is C15H29N5O4. The van der Waals surface area contributed by atoms with Crippen LogP contribution in [-0.4, -0.2) is 41.8 Å². The number of nitrogens with zero attached hydrogens (tertiary/aromatic N) is 1. The molecule has 0 aromatic carbocycles. The number of carbonyl (C=O) groups excluding carboxylic acids is 3. The van der Waals surface area contributed by atoms with Gasteiger partial charge in [-0.3, -0.25) is 4.79 Å². The number of nitrogens with two attached hydrogens (primary N) is 2. The van der Waals surface area contributed by atoms with E-state index < -0.39 is 29.6 Å². The first kappa shape index (κ1) is 21.8. The normalized spacial score (nSPS) is 14.7. The number of hydrogen-bond donors (Lipinski definition) is 4. The van der Waals surface area contributed by atoms with Gasteiger partial charge in [0.2, 0.25) is 11.8 Å². The molecule has 0 aromatic rings. The van der Waals surface area contributed by atoms with Crippen LogP contribution in [0.3, 0.4) is 0 Å². The van der Waals surface area contributed by atoms with Crippen LogP contribution in [0.15, 0.2) is 5.10 Å². The molecule has 0 aliphatic carbocycles. The minimum atomic E-state index is -0.883. The molecule has 3 amide bonds. The molecule has 0 aromatic heterocycles. The Kier molecular flexibility index (Phi) is 8.97. The van der Waals surface area contributed by atoms with E-state index in [0.29, 0.717) is 12.7 Å². The molecule has 0 rings (SSSR count). The highest BCUT2D eigenvalue weighted by atomic mass is 16.5. The molecule has 0 spiro atoms. The molecule has 1 unspecified atom stereocenters. The number of primary amides is 1. The Hall–Kier alpha value is -2.16. The van der Waals surface area contributed by atoms with Crippen molar-refractivity contribution in [2.24, 2.45) is 22.5 Å². The molecule has 0 saturated carbocycles. The second-order valence-corrected chi connectivity index (χ2v) is 6.89. The van der Waals surface area contributed by atoms with Crippen molar-refractivity contribution in [1.29, 1.82) is 0 Å². The summed E-state index contributed by atoms with van der Waals surface area (Å²) in [6, 6.07) is -2.46. The fourth-order valence-corrected chi connectivity index (χ4v) is 1.81. The zero-order valence-electron chi connectivity index (χ0n) is 15.0. The van der Waals surface area contributed by atoms with Crippen molar-refractivity contribution in [3.05, 3.63) is 0 Å². The number of hydrazone groups is 1. The average Bonchev–Trinajstić information content (AvgIpc) is 2.41. The number of amides is 3. The van der Waals surface area contributed by atoms with Crippen molar-refractivity contribution in [3.8, 4) is 0 Å². The van der Waals surface area contributed by atoms with E-state index >= 15 is 0 Å². The molecule has 2 atom stereocenters. The minimum Gasteiger partial charge on any atom is -0.474 e. The predicted molar refractivity (Wildman–Crippen MR) is 91.0 cm³/mol. The predicted octanol–water partition coefficient (Wildman–Crippen LogP) is 0.231. The van der Waals surface area contributed by atoms with E-state index in [2.05, 4.69) is 10.4 Å². The fraction of sp³-hybridized carbons (Fsp3) is 0.733. The third-order valence-electron chi connectivity index (χ3n) is 2.66. The maximum absolute atomic E-state index is 12.0. The largest absolute Gasteiger partial charge is 0.474 e. The number of carbonyl (C=O) groups is 3.